The number of hydrogen-bond donors (Lipinski definition) is 1. The van der Waals surface area contributed by atoms with Crippen LogP contribution >= 0.6 is 11.6 Å². The van der Waals surface area contributed by atoms with Crippen molar-refractivity contribution < 1.29 is 23.7 Å². The zero-order valence-corrected chi connectivity index (χ0v) is 22.1. The van der Waals surface area contributed by atoms with Crippen LogP contribution in [0.25, 0.3) is 10.9 Å². The minimum absolute atomic E-state index is 0.0434. The Balaban J connectivity index is 1.31. The number of halogens is 1. The normalized spacial score (nSPS) is 16.8. The number of benzene rings is 3. The Labute approximate surface area is 226 Å². The van der Waals surface area contributed by atoms with E-state index in [1.54, 1.807) is 31.4 Å². The fraction of sp³-hybridized carbons (Fsp3) is 0.300. The molecule has 0 bridgehead atoms. The Morgan fingerprint density at radius 2 is 1.87 bits per heavy atom. The molecule has 2 aliphatic rings. The van der Waals surface area contributed by atoms with E-state index in [-0.39, 0.29) is 31.3 Å². The smallest absolute Gasteiger partial charge is 0.261 e. The maximum absolute atomic E-state index is 13.6. The van der Waals surface area contributed by atoms with Gasteiger partial charge in [-0.25, -0.2) is 0 Å². The van der Waals surface area contributed by atoms with Gasteiger partial charge in [0.25, 0.3) is 5.91 Å². The summed E-state index contributed by atoms with van der Waals surface area (Å²) in [4.78, 5) is 19.2. The number of carbonyl (C=O) groups excluding carboxylic acids is 1. The van der Waals surface area contributed by atoms with Gasteiger partial charge >= 0.3 is 0 Å². The van der Waals surface area contributed by atoms with Crippen molar-refractivity contribution in [2.75, 3.05) is 27.1 Å². The van der Waals surface area contributed by atoms with Crippen LogP contribution in [-0.2, 0) is 17.6 Å². The van der Waals surface area contributed by atoms with Gasteiger partial charge in [0.05, 0.1) is 13.2 Å². The molecule has 2 aliphatic heterocycles. The number of amides is 1. The summed E-state index contributed by atoms with van der Waals surface area (Å²) in [6.45, 7) is 3.00. The van der Waals surface area contributed by atoms with E-state index in [0.29, 0.717) is 17.3 Å². The second kappa shape index (κ2) is 10.1. The molecule has 38 heavy (non-hydrogen) atoms. The first-order valence-electron chi connectivity index (χ1n) is 12.7. The van der Waals surface area contributed by atoms with Crippen molar-refractivity contribution >= 4 is 28.4 Å². The Bertz CT molecular complexity index is 1480. The average molecular weight is 533 g/mol. The average Bonchev–Trinajstić information content (AvgIpc) is 3.55. The van der Waals surface area contributed by atoms with Crippen molar-refractivity contribution in [2.45, 2.75) is 25.8 Å². The first-order valence-corrected chi connectivity index (χ1v) is 13.1. The van der Waals surface area contributed by atoms with E-state index >= 15 is 0 Å². The highest BCUT2D eigenvalue weighted by Crippen LogP contribution is 2.41. The largest absolute Gasteiger partial charge is 0.497 e. The lowest BCUT2D eigenvalue weighted by atomic mass is 9.85. The predicted octanol–water partition coefficient (Wildman–Crippen LogP) is 5.94. The van der Waals surface area contributed by atoms with E-state index in [4.69, 9.17) is 30.5 Å². The van der Waals surface area contributed by atoms with Gasteiger partial charge in [-0.1, -0.05) is 24.6 Å². The van der Waals surface area contributed by atoms with E-state index in [1.807, 2.05) is 29.2 Å². The molecule has 4 aromatic rings. The number of H-pyrrole nitrogens is 1. The Hall–Kier alpha value is -3.84. The highest BCUT2D eigenvalue weighted by molar-refractivity contribution is 6.30. The SMILES string of the molecule is COc1ccc2[nH]c3c(c2c1)CCN(C(=O)COc1ccc(Cl)cc1)C3C(C)Cc1ccc2c(c1)OCO2. The summed E-state index contributed by atoms with van der Waals surface area (Å²) in [7, 11) is 1.68. The summed E-state index contributed by atoms with van der Waals surface area (Å²) >= 11 is 5.99. The molecule has 1 aromatic heterocycles. The molecule has 1 amide bonds. The van der Waals surface area contributed by atoms with Gasteiger partial charge in [0.1, 0.15) is 11.5 Å². The number of methoxy groups -OCH3 is 1. The van der Waals surface area contributed by atoms with Crippen molar-refractivity contribution in [3.8, 4) is 23.0 Å². The summed E-state index contributed by atoms with van der Waals surface area (Å²) < 4.78 is 22.4. The van der Waals surface area contributed by atoms with Crippen LogP contribution in [0.4, 0.5) is 0 Å². The van der Waals surface area contributed by atoms with E-state index in [9.17, 15) is 4.79 Å². The third-order valence-electron chi connectivity index (χ3n) is 7.41. The second-order valence-electron chi connectivity index (χ2n) is 9.82. The number of ether oxygens (including phenoxy) is 4. The van der Waals surface area contributed by atoms with E-state index < -0.39 is 0 Å². The van der Waals surface area contributed by atoms with Crippen LogP contribution in [-0.4, -0.2) is 42.8 Å². The lowest BCUT2D eigenvalue weighted by Gasteiger charge is -2.39. The number of nitrogens with one attached hydrogen (secondary N) is 1. The second-order valence-corrected chi connectivity index (χ2v) is 10.3. The van der Waals surface area contributed by atoms with Crippen molar-refractivity contribution in [1.29, 1.82) is 0 Å². The van der Waals surface area contributed by atoms with Gasteiger partial charge < -0.3 is 28.8 Å². The van der Waals surface area contributed by atoms with Crippen LogP contribution in [0.3, 0.4) is 0 Å². The van der Waals surface area contributed by atoms with Crippen LogP contribution in [0.2, 0.25) is 5.02 Å². The highest BCUT2D eigenvalue weighted by Gasteiger charge is 2.37. The predicted molar refractivity (Wildman–Crippen MR) is 145 cm³/mol. The Morgan fingerprint density at radius 1 is 1.08 bits per heavy atom. The zero-order chi connectivity index (χ0) is 26.2. The number of aromatic amines is 1. The molecule has 0 saturated carbocycles. The molecular weight excluding hydrogens is 504 g/mol. The van der Waals surface area contributed by atoms with Crippen molar-refractivity contribution in [3.63, 3.8) is 0 Å². The van der Waals surface area contributed by atoms with Crippen molar-refractivity contribution in [1.82, 2.24) is 9.88 Å². The van der Waals surface area contributed by atoms with Crippen LogP contribution < -0.4 is 18.9 Å². The van der Waals surface area contributed by atoms with Gasteiger partial charge in [-0.05, 0) is 84.5 Å². The van der Waals surface area contributed by atoms with Crippen LogP contribution in [0, 0.1) is 5.92 Å². The molecular formula is C30H29ClN2O5. The summed E-state index contributed by atoms with van der Waals surface area (Å²) in [5, 5.41) is 1.77. The molecule has 3 aromatic carbocycles. The maximum atomic E-state index is 13.6. The van der Waals surface area contributed by atoms with E-state index in [1.165, 1.54) is 5.56 Å². The van der Waals surface area contributed by atoms with E-state index in [2.05, 4.69) is 24.0 Å². The van der Waals surface area contributed by atoms with Gasteiger partial charge in [-0.15, -0.1) is 0 Å². The number of rotatable bonds is 7. The topological polar surface area (TPSA) is 73.0 Å². The lowest BCUT2D eigenvalue weighted by Crippen LogP contribution is -2.45. The molecule has 2 unspecified atom stereocenters. The molecule has 3 heterocycles. The van der Waals surface area contributed by atoms with Crippen molar-refractivity contribution in [2.24, 2.45) is 5.92 Å². The molecule has 0 radical (unpaired) electrons. The summed E-state index contributed by atoms with van der Waals surface area (Å²) in [5.41, 5.74) is 4.50. The molecule has 0 fully saturated rings. The third kappa shape index (κ3) is 4.63. The third-order valence-corrected chi connectivity index (χ3v) is 7.66. The summed E-state index contributed by atoms with van der Waals surface area (Å²) in [6.07, 6.45) is 1.52. The van der Waals surface area contributed by atoms with Gasteiger partial charge in [0.15, 0.2) is 18.1 Å². The molecule has 2 atom stereocenters. The first kappa shape index (κ1) is 24.5. The maximum Gasteiger partial charge on any atom is 0.261 e. The molecule has 0 spiro atoms. The molecule has 0 saturated heterocycles. The van der Waals surface area contributed by atoms with Crippen LogP contribution in [0.5, 0.6) is 23.0 Å². The molecule has 1 N–H and O–H groups in total. The number of nitrogens with zero attached hydrogens (tertiary/aromatic N) is 1. The van der Waals surface area contributed by atoms with E-state index in [0.717, 1.165) is 52.3 Å². The summed E-state index contributed by atoms with van der Waals surface area (Å²) in [6, 6.07) is 19.0. The monoisotopic (exact) mass is 532 g/mol. The number of fused-ring (bicyclic) bond motifs is 4. The molecule has 6 rings (SSSR count). The number of hydrogen-bond acceptors (Lipinski definition) is 5. The molecule has 7 nitrogen and oxygen atoms in total. The van der Waals surface area contributed by atoms with Gasteiger partial charge in [0, 0.05) is 28.2 Å². The highest BCUT2D eigenvalue weighted by atomic mass is 35.5. The van der Waals surface area contributed by atoms with Gasteiger partial charge in [0.2, 0.25) is 6.79 Å². The fourth-order valence-electron chi connectivity index (χ4n) is 5.61. The van der Waals surface area contributed by atoms with Gasteiger partial charge in [-0.2, -0.15) is 0 Å². The zero-order valence-electron chi connectivity index (χ0n) is 21.3. The Morgan fingerprint density at radius 3 is 2.68 bits per heavy atom. The Kier molecular flexibility index (Phi) is 6.54. The number of aromatic nitrogens is 1. The van der Waals surface area contributed by atoms with Crippen molar-refractivity contribution in [3.05, 3.63) is 82.5 Å². The molecule has 196 valence electrons. The molecule has 8 heteroatoms. The lowest BCUT2D eigenvalue weighted by molar-refractivity contribution is -0.137. The quantitative estimate of drug-likeness (QED) is 0.319. The van der Waals surface area contributed by atoms with Gasteiger partial charge in [-0.3, -0.25) is 4.79 Å². The standard InChI is InChI=1S/C30H29ClN2O5/c1-18(13-19-3-10-26-27(14-19)38-17-37-26)30-29-23(24-15-22(35-2)8-9-25(24)32-29)11-12-33(30)28(34)16-36-21-6-4-20(31)5-7-21/h3-10,14-15,18,30,32H,11-13,16-17H2,1-2H3. The van der Waals surface area contributed by atoms with Crippen LogP contribution in [0.1, 0.15) is 29.8 Å². The fourth-order valence-corrected chi connectivity index (χ4v) is 5.73. The molecule has 0 aliphatic carbocycles. The minimum Gasteiger partial charge on any atom is -0.497 e. The number of carbonyl (C=O) groups is 1. The van der Waals surface area contributed by atoms with Crippen LogP contribution in [0.15, 0.2) is 60.7 Å². The summed E-state index contributed by atoms with van der Waals surface area (Å²) in [5.74, 6) is 3.03. The minimum atomic E-state index is -0.149. The first-order chi connectivity index (χ1) is 18.5.